The van der Waals surface area contributed by atoms with E-state index in [1.165, 1.54) is 17.3 Å². The maximum atomic E-state index is 13.2. The molecule has 1 amide bonds. The number of morpholine rings is 1. The first-order valence-corrected chi connectivity index (χ1v) is 10.8. The van der Waals surface area contributed by atoms with Crippen molar-refractivity contribution in [1.29, 1.82) is 0 Å². The lowest BCUT2D eigenvalue weighted by Crippen LogP contribution is -2.42. The molecule has 1 unspecified atom stereocenters. The van der Waals surface area contributed by atoms with E-state index >= 15 is 0 Å². The number of nitrogens with zero attached hydrogens (tertiary/aromatic N) is 1. The first kappa shape index (κ1) is 21.1. The number of carbonyl (C=O) groups is 1. The van der Waals surface area contributed by atoms with Crippen molar-refractivity contribution in [1.82, 2.24) is 4.31 Å². The van der Waals surface area contributed by atoms with E-state index in [9.17, 15) is 13.2 Å². The number of carbonyl (C=O) groups excluding carboxylic acids is 1. The van der Waals surface area contributed by atoms with Gasteiger partial charge >= 0.3 is 0 Å². The summed E-state index contributed by atoms with van der Waals surface area (Å²) in [4.78, 5) is 11.4. The van der Waals surface area contributed by atoms with Gasteiger partial charge < -0.3 is 10.1 Å². The van der Waals surface area contributed by atoms with Crippen LogP contribution >= 0.6 is 23.2 Å². The summed E-state index contributed by atoms with van der Waals surface area (Å²) in [6.07, 6.45) is -0.460. The van der Waals surface area contributed by atoms with Gasteiger partial charge in [-0.3, -0.25) is 4.79 Å². The summed E-state index contributed by atoms with van der Waals surface area (Å²) in [5.41, 5.74) is 1.84. The second kappa shape index (κ2) is 8.39. The maximum absolute atomic E-state index is 13.2. The third kappa shape index (κ3) is 4.67. The topological polar surface area (TPSA) is 75.7 Å². The number of hydrogen-bond donors (Lipinski definition) is 1. The zero-order valence-electron chi connectivity index (χ0n) is 15.4. The van der Waals surface area contributed by atoms with Crippen LogP contribution in [0.2, 0.25) is 10.0 Å². The second-order valence-corrected chi connectivity index (χ2v) is 9.37. The zero-order chi connectivity index (χ0) is 20.5. The van der Waals surface area contributed by atoms with Crippen molar-refractivity contribution in [2.75, 3.05) is 25.0 Å². The number of hydrogen-bond acceptors (Lipinski definition) is 4. The van der Waals surface area contributed by atoms with Crippen LogP contribution in [-0.2, 0) is 19.6 Å². The van der Waals surface area contributed by atoms with Crippen LogP contribution in [0.15, 0.2) is 41.3 Å². The Labute approximate surface area is 174 Å². The number of halogens is 2. The van der Waals surface area contributed by atoms with Crippen LogP contribution < -0.4 is 5.32 Å². The third-order valence-corrected chi connectivity index (χ3v) is 6.86. The first-order valence-electron chi connectivity index (χ1n) is 8.63. The van der Waals surface area contributed by atoms with Crippen molar-refractivity contribution in [3.8, 4) is 0 Å². The molecule has 28 heavy (non-hydrogen) atoms. The molecule has 0 radical (unpaired) electrons. The molecule has 0 aliphatic carbocycles. The van der Waals surface area contributed by atoms with E-state index in [2.05, 4.69) is 5.32 Å². The zero-order valence-corrected chi connectivity index (χ0v) is 17.7. The number of sulfonamides is 1. The largest absolute Gasteiger partial charge is 0.371 e. The molecule has 1 heterocycles. The molecular weight excluding hydrogens is 423 g/mol. The maximum Gasteiger partial charge on any atom is 0.243 e. The Balaban J connectivity index is 1.86. The number of ether oxygens (including phenoxy) is 1. The van der Waals surface area contributed by atoms with Crippen molar-refractivity contribution in [2.45, 2.75) is 24.8 Å². The molecule has 9 heteroatoms. The molecule has 1 N–H and O–H groups in total. The van der Waals surface area contributed by atoms with Crippen LogP contribution in [0.4, 0.5) is 5.69 Å². The van der Waals surface area contributed by atoms with Crippen LogP contribution in [0.5, 0.6) is 0 Å². The third-order valence-electron chi connectivity index (χ3n) is 4.40. The van der Waals surface area contributed by atoms with Gasteiger partial charge in [-0.2, -0.15) is 4.31 Å². The van der Waals surface area contributed by atoms with Crippen molar-refractivity contribution in [3.63, 3.8) is 0 Å². The molecule has 2 aromatic rings. The molecule has 0 saturated carbocycles. The monoisotopic (exact) mass is 442 g/mol. The number of amides is 1. The molecule has 1 atom stereocenters. The Morgan fingerprint density at radius 1 is 1.18 bits per heavy atom. The summed E-state index contributed by atoms with van der Waals surface area (Å²) in [5.74, 6) is -0.216. The molecule has 6 nitrogen and oxygen atoms in total. The molecule has 2 aromatic carbocycles. The SMILES string of the molecule is CC(=O)Nc1ccc(S(=O)(=O)N2CCOC(c3cc(Cl)cc(Cl)c3)C2)c(C)c1. The fraction of sp³-hybridized carbons (Fsp3) is 0.316. The molecule has 3 rings (SSSR count). The van der Waals surface area contributed by atoms with E-state index < -0.39 is 16.1 Å². The first-order chi connectivity index (χ1) is 13.2. The van der Waals surface area contributed by atoms with E-state index in [0.29, 0.717) is 21.3 Å². The van der Waals surface area contributed by atoms with Crippen molar-refractivity contribution in [3.05, 3.63) is 57.6 Å². The van der Waals surface area contributed by atoms with E-state index in [4.69, 9.17) is 27.9 Å². The van der Waals surface area contributed by atoms with Gasteiger partial charge in [0.2, 0.25) is 15.9 Å². The predicted octanol–water partition coefficient (Wildman–Crippen LogP) is 4.02. The summed E-state index contributed by atoms with van der Waals surface area (Å²) >= 11 is 12.1. The van der Waals surface area contributed by atoms with E-state index in [1.807, 2.05) is 0 Å². The Hall–Kier alpha value is -1.64. The molecule has 1 saturated heterocycles. The lowest BCUT2D eigenvalue weighted by molar-refractivity contribution is -0.114. The van der Waals surface area contributed by atoms with Gasteiger partial charge in [0.1, 0.15) is 0 Å². The second-order valence-electron chi connectivity index (χ2n) is 6.59. The fourth-order valence-corrected chi connectivity index (χ4v) is 5.34. The van der Waals surface area contributed by atoms with Crippen LogP contribution in [0.1, 0.15) is 24.2 Å². The van der Waals surface area contributed by atoms with Gasteiger partial charge in [0, 0.05) is 35.7 Å². The lowest BCUT2D eigenvalue weighted by Gasteiger charge is -2.33. The minimum atomic E-state index is -3.72. The van der Waals surface area contributed by atoms with Crippen molar-refractivity contribution < 1.29 is 17.9 Å². The van der Waals surface area contributed by atoms with Gasteiger partial charge in [-0.05, 0) is 54.4 Å². The summed E-state index contributed by atoms with van der Waals surface area (Å²) in [5, 5.41) is 3.59. The standard InChI is InChI=1S/C19H20Cl2N2O4S/c1-12-7-17(22-13(2)24)3-4-19(12)28(25,26)23-5-6-27-18(11-23)14-8-15(20)10-16(21)9-14/h3-4,7-10,18H,5-6,11H2,1-2H3,(H,22,24). The van der Waals surface area contributed by atoms with Crippen LogP contribution in [0.25, 0.3) is 0 Å². The molecule has 1 aliphatic rings. The Bertz CT molecular complexity index is 991. The predicted molar refractivity (Wildman–Crippen MR) is 109 cm³/mol. The highest BCUT2D eigenvalue weighted by Gasteiger charge is 2.32. The number of aryl methyl sites for hydroxylation is 1. The smallest absolute Gasteiger partial charge is 0.243 e. The minimum Gasteiger partial charge on any atom is -0.371 e. The van der Waals surface area contributed by atoms with Gasteiger partial charge in [0.25, 0.3) is 0 Å². The Morgan fingerprint density at radius 3 is 2.46 bits per heavy atom. The molecule has 150 valence electrons. The van der Waals surface area contributed by atoms with E-state index in [0.717, 1.165) is 5.56 Å². The quantitative estimate of drug-likeness (QED) is 0.775. The fourth-order valence-electron chi connectivity index (χ4n) is 3.17. The minimum absolute atomic E-state index is 0.159. The van der Waals surface area contributed by atoms with Crippen molar-refractivity contribution >= 4 is 44.8 Å². The highest BCUT2D eigenvalue weighted by atomic mass is 35.5. The van der Waals surface area contributed by atoms with Gasteiger partial charge in [-0.25, -0.2) is 8.42 Å². The van der Waals surface area contributed by atoms with E-state index in [1.54, 1.807) is 37.3 Å². The van der Waals surface area contributed by atoms with Gasteiger partial charge in [0.15, 0.2) is 0 Å². The van der Waals surface area contributed by atoms with Gasteiger partial charge in [-0.1, -0.05) is 23.2 Å². The Morgan fingerprint density at radius 2 is 1.86 bits per heavy atom. The van der Waals surface area contributed by atoms with Crippen LogP contribution in [0.3, 0.4) is 0 Å². The highest BCUT2D eigenvalue weighted by Crippen LogP contribution is 2.31. The number of anilines is 1. The lowest BCUT2D eigenvalue weighted by atomic mass is 10.1. The van der Waals surface area contributed by atoms with Crippen LogP contribution in [0, 0.1) is 6.92 Å². The molecule has 0 bridgehead atoms. The molecule has 1 fully saturated rings. The van der Waals surface area contributed by atoms with E-state index in [-0.39, 0.29) is 30.5 Å². The Kier molecular flexibility index (Phi) is 6.31. The molecule has 0 spiro atoms. The summed E-state index contributed by atoms with van der Waals surface area (Å²) in [7, 11) is -3.72. The summed E-state index contributed by atoms with van der Waals surface area (Å²) in [6, 6.07) is 9.79. The average molecular weight is 443 g/mol. The van der Waals surface area contributed by atoms with Gasteiger partial charge in [0.05, 0.1) is 17.6 Å². The number of benzene rings is 2. The van der Waals surface area contributed by atoms with Crippen molar-refractivity contribution in [2.24, 2.45) is 0 Å². The number of nitrogens with one attached hydrogen (secondary N) is 1. The molecule has 0 aromatic heterocycles. The molecular formula is C19H20Cl2N2O4S. The normalized spacial score (nSPS) is 18.1. The number of rotatable bonds is 4. The van der Waals surface area contributed by atoms with Crippen LogP contribution in [-0.4, -0.2) is 38.3 Å². The highest BCUT2D eigenvalue weighted by molar-refractivity contribution is 7.89. The summed E-state index contributed by atoms with van der Waals surface area (Å²) < 4.78 is 33.5. The molecule has 1 aliphatic heterocycles. The summed E-state index contributed by atoms with van der Waals surface area (Å²) in [6.45, 7) is 3.77. The van der Waals surface area contributed by atoms with Gasteiger partial charge in [-0.15, -0.1) is 0 Å². The average Bonchev–Trinajstić information content (AvgIpc) is 2.60.